The normalized spacial score (nSPS) is 17.7. The second-order valence-corrected chi connectivity index (χ2v) is 6.25. The summed E-state index contributed by atoms with van der Waals surface area (Å²) in [4.78, 5) is 4.65. The molecule has 0 aromatic heterocycles. The lowest BCUT2D eigenvalue weighted by Crippen LogP contribution is -2.24. The maximum atomic E-state index is 12.9. The van der Waals surface area contributed by atoms with E-state index in [9.17, 15) is 13.2 Å². The van der Waals surface area contributed by atoms with Crippen LogP contribution in [-0.2, 0) is 6.18 Å². The highest BCUT2D eigenvalue weighted by Crippen LogP contribution is 2.36. The summed E-state index contributed by atoms with van der Waals surface area (Å²) in [5, 5.41) is 3.72. The minimum Gasteiger partial charge on any atom is -0.335 e. The fourth-order valence-electron chi connectivity index (χ4n) is 2.29. The predicted octanol–water partition coefficient (Wildman–Crippen LogP) is 5.09. The number of halogens is 3. The van der Waals surface area contributed by atoms with Gasteiger partial charge in [0, 0.05) is 11.4 Å². The van der Waals surface area contributed by atoms with Gasteiger partial charge >= 0.3 is 6.18 Å². The van der Waals surface area contributed by atoms with E-state index in [1.807, 2.05) is 0 Å². The maximum absolute atomic E-state index is 12.9. The summed E-state index contributed by atoms with van der Waals surface area (Å²) in [6.07, 6.45) is -2.46. The molecule has 1 aliphatic heterocycles. The predicted molar refractivity (Wildman–Crippen MR) is 83.0 cm³/mol. The topological polar surface area (TPSA) is 24.4 Å². The first-order valence-electron chi connectivity index (χ1n) is 6.97. The first-order valence-corrected chi connectivity index (χ1v) is 7.96. The minimum atomic E-state index is -4.33. The van der Waals surface area contributed by atoms with E-state index in [1.54, 1.807) is 17.8 Å². The summed E-state index contributed by atoms with van der Waals surface area (Å²) in [5.41, 5.74) is -0.0223. The molecule has 0 unspecified atom stereocenters. The van der Waals surface area contributed by atoms with E-state index in [-0.39, 0.29) is 11.1 Å². The van der Waals surface area contributed by atoms with Crippen molar-refractivity contribution in [2.75, 3.05) is 11.1 Å². The number of aryl methyl sites for hydroxylation is 1. The Labute approximate surface area is 127 Å². The lowest BCUT2D eigenvalue weighted by molar-refractivity contribution is -0.138. The molecule has 0 atom stereocenters. The van der Waals surface area contributed by atoms with Crippen LogP contribution < -0.4 is 5.32 Å². The summed E-state index contributed by atoms with van der Waals surface area (Å²) < 4.78 is 38.7. The first-order chi connectivity index (χ1) is 9.79. The zero-order chi connectivity index (χ0) is 15.7. The van der Waals surface area contributed by atoms with Gasteiger partial charge < -0.3 is 5.32 Å². The monoisotopic (exact) mass is 316 g/mol. The van der Waals surface area contributed by atoms with Gasteiger partial charge in [0.1, 0.15) is 0 Å². The lowest BCUT2D eigenvalue weighted by Gasteiger charge is -2.20. The number of alkyl halides is 3. The molecule has 1 N–H and O–H groups in total. The zero-order valence-electron chi connectivity index (χ0n) is 12.3. The lowest BCUT2D eigenvalue weighted by atomic mass is 9.97. The van der Waals surface area contributed by atoms with Gasteiger partial charge in [-0.2, -0.15) is 13.2 Å². The van der Waals surface area contributed by atoms with E-state index in [2.05, 4.69) is 24.2 Å². The zero-order valence-corrected chi connectivity index (χ0v) is 13.2. The van der Waals surface area contributed by atoms with Gasteiger partial charge in [0.15, 0.2) is 5.17 Å². The van der Waals surface area contributed by atoms with Crippen LogP contribution in [0.15, 0.2) is 23.2 Å². The van der Waals surface area contributed by atoms with Crippen molar-refractivity contribution in [3.05, 3.63) is 29.3 Å². The van der Waals surface area contributed by atoms with Gasteiger partial charge in [-0.05, 0) is 37.5 Å². The molecule has 1 aliphatic rings. The number of hydrogen-bond donors (Lipinski definition) is 1. The summed E-state index contributed by atoms with van der Waals surface area (Å²) in [6.45, 7) is 5.64. The van der Waals surface area contributed by atoms with Crippen LogP contribution in [0.5, 0.6) is 0 Å². The molecule has 1 aromatic carbocycles. The molecule has 0 fully saturated rings. The van der Waals surface area contributed by atoms with E-state index in [1.165, 1.54) is 13.0 Å². The molecular weight excluding hydrogens is 297 g/mol. The highest BCUT2D eigenvalue weighted by atomic mass is 32.2. The number of hydrogen-bond acceptors (Lipinski definition) is 3. The van der Waals surface area contributed by atoms with Crippen LogP contribution >= 0.6 is 11.8 Å². The molecule has 2 rings (SSSR count). The number of nitrogens with one attached hydrogen (secondary N) is 1. The van der Waals surface area contributed by atoms with E-state index in [0.29, 0.717) is 10.9 Å². The van der Waals surface area contributed by atoms with Crippen LogP contribution in [0.3, 0.4) is 0 Å². The average molecular weight is 316 g/mol. The highest BCUT2D eigenvalue weighted by molar-refractivity contribution is 8.14. The van der Waals surface area contributed by atoms with Crippen molar-refractivity contribution >= 4 is 22.6 Å². The highest BCUT2D eigenvalue weighted by Gasteiger charge is 2.34. The number of benzene rings is 1. The number of nitrogens with zero attached hydrogens (tertiary/aromatic N) is 1. The average Bonchev–Trinajstić information content (AvgIpc) is 2.84. The third kappa shape index (κ3) is 3.54. The van der Waals surface area contributed by atoms with Crippen molar-refractivity contribution in [3.63, 3.8) is 0 Å². The summed E-state index contributed by atoms with van der Waals surface area (Å²) in [6, 6.07) is 4.29. The Kier molecular flexibility index (Phi) is 4.56. The molecule has 6 heteroatoms. The molecule has 0 aliphatic carbocycles. The van der Waals surface area contributed by atoms with Crippen molar-refractivity contribution in [1.82, 2.24) is 0 Å². The van der Waals surface area contributed by atoms with Crippen LogP contribution in [0.2, 0.25) is 0 Å². The Morgan fingerprint density at radius 1 is 1.29 bits per heavy atom. The summed E-state index contributed by atoms with van der Waals surface area (Å²) in [5.74, 6) is 0.875. The molecule has 0 amide bonds. The van der Waals surface area contributed by atoms with E-state index >= 15 is 0 Å². The summed E-state index contributed by atoms with van der Waals surface area (Å²) >= 11 is 1.57. The number of amidine groups is 1. The molecule has 0 spiro atoms. The standard InChI is InChI=1S/C15H19F3N2S/c1-4-14(5-2)9-21-13(20-14)19-11-7-6-10(3)12(8-11)15(16,17)18/h6-8H,4-5,9H2,1-3H3,(H,19,20). The molecule has 0 radical (unpaired) electrons. The molecule has 0 saturated carbocycles. The number of rotatable bonds is 3. The van der Waals surface area contributed by atoms with Gasteiger partial charge in [0.25, 0.3) is 0 Å². The Morgan fingerprint density at radius 3 is 2.48 bits per heavy atom. The molecular formula is C15H19F3N2S. The van der Waals surface area contributed by atoms with E-state index in [0.717, 1.165) is 24.7 Å². The fraction of sp³-hybridized carbons (Fsp3) is 0.533. The molecule has 21 heavy (non-hydrogen) atoms. The second kappa shape index (κ2) is 5.91. The van der Waals surface area contributed by atoms with Crippen molar-refractivity contribution < 1.29 is 13.2 Å². The largest absolute Gasteiger partial charge is 0.416 e. The molecule has 116 valence electrons. The molecule has 2 nitrogen and oxygen atoms in total. The van der Waals surface area contributed by atoms with E-state index < -0.39 is 11.7 Å². The smallest absolute Gasteiger partial charge is 0.335 e. The van der Waals surface area contributed by atoms with Gasteiger partial charge in [0.05, 0.1) is 11.1 Å². The third-order valence-corrected chi connectivity index (χ3v) is 5.08. The first kappa shape index (κ1) is 16.2. The third-order valence-electron chi connectivity index (χ3n) is 3.93. The fourth-order valence-corrected chi connectivity index (χ4v) is 3.61. The number of anilines is 1. The Bertz CT molecular complexity index is 548. The van der Waals surface area contributed by atoms with E-state index in [4.69, 9.17) is 0 Å². The van der Waals surface area contributed by atoms with Gasteiger partial charge in [-0.25, -0.2) is 0 Å². The van der Waals surface area contributed by atoms with Crippen molar-refractivity contribution in [2.24, 2.45) is 4.99 Å². The number of aliphatic imine (C=N–C) groups is 1. The van der Waals surface area contributed by atoms with Gasteiger partial charge in [-0.1, -0.05) is 31.7 Å². The maximum Gasteiger partial charge on any atom is 0.416 e. The Morgan fingerprint density at radius 2 is 1.95 bits per heavy atom. The van der Waals surface area contributed by atoms with Gasteiger partial charge in [-0.3, -0.25) is 4.99 Å². The second-order valence-electron chi connectivity index (χ2n) is 5.29. The van der Waals surface area contributed by atoms with Crippen molar-refractivity contribution in [2.45, 2.75) is 45.3 Å². The van der Waals surface area contributed by atoms with Crippen LogP contribution in [0.1, 0.15) is 37.8 Å². The van der Waals surface area contributed by atoms with Gasteiger partial charge in [0.2, 0.25) is 0 Å². The summed E-state index contributed by atoms with van der Waals surface area (Å²) in [7, 11) is 0. The van der Waals surface area contributed by atoms with Crippen LogP contribution in [0, 0.1) is 6.92 Å². The Hall–Kier alpha value is -1.17. The number of thioether (sulfide) groups is 1. The molecule has 0 bridgehead atoms. The van der Waals surface area contributed by atoms with Crippen LogP contribution in [0.4, 0.5) is 18.9 Å². The molecule has 1 aromatic rings. The van der Waals surface area contributed by atoms with Crippen molar-refractivity contribution in [3.8, 4) is 0 Å². The molecule has 1 heterocycles. The van der Waals surface area contributed by atoms with Crippen LogP contribution in [0.25, 0.3) is 0 Å². The Balaban J connectivity index is 2.22. The molecule has 0 saturated heterocycles. The van der Waals surface area contributed by atoms with Crippen LogP contribution in [-0.4, -0.2) is 16.5 Å². The minimum absolute atomic E-state index is 0.0788. The quantitative estimate of drug-likeness (QED) is 0.840. The van der Waals surface area contributed by atoms with Crippen molar-refractivity contribution in [1.29, 1.82) is 0 Å². The SMILES string of the molecule is CCC1(CC)CSC(Nc2ccc(C)c(C(F)(F)F)c2)=N1. The van der Waals surface area contributed by atoms with Gasteiger partial charge in [-0.15, -0.1) is 0 Å².